The smallest absolute Gasteiger partial charge is 0.405 e. The molecule has 2 heterocycles. The maximum Gasteiger partial charge on any atom is 0.405 e. The molecule has 3 rings (SSSR count). The first kappa shape index (κ1) is 21.2. The zero-order valence-electron chi connectivity index (χ0n) is 14.2. The van der Waals surface area contributed by atoms with Crippen LogP contribution >= 0.6 is 12.4 Å². The summed E-state index contributed by atoms with van der Waals surface area (Å²) in [7, 11) is 0. The predicted octanol–water partition coefficient (Wildman–Crippen LogP) is 1.78. The molecule has 1 aliphatic heterocycles. The van der Waals surface area contributed by atoms with Crippen LogP contribution < -0.4 is 16.3 Å². The summed E-state index contributed by atoms with van der Waals surface area (Å²) >= 11 is 0. The molecule has 1 aromatic heterocycles. The van der Waals surface area contributed by atoms with E-state index in [9.17, 15) is 22.8 Å². The lowest BCUT2D eigenvalue weighted by Crippen LogP contribution is -2.57. The average molecular weight is 406 g/mol. The molecule has 0 aliphatic carbocycles. The Morgan fingerprint density at radius 1 is 1.26 bits per heavy atom. The van der Waals surface area contributed by atoms with Crippen molar-refractivity contribution >= 4 is 29.3 Å². The third-order valence-electron chi connectivity index (χ3n) is 4.31. The Labute approximate surface area is 159 Å². The molecule has 0 radical (unpaired) electrons. The van der Waals surface area contributed by atoms with Gasteiger partial charge in [0.2, 0.25) is 0 Å². The lowest BCUT2D eigenvalue weighted by molar-refractivity contribution is -0.183. The van der Waals surface area contributed by atoms with E-state index in [0.29, 0.717) is 24.1 Å². The van der Waals surface area contributed by atoms with Crippen LogP contribution in [-0.2, 0) is 0 Å². The first-order valence-corrected chi connectivity index (χ1v) is 8.19. The van der Waals surface area contributed by atoms with E-state index >= 15 is 0 Å². The number of rotatable bonds is 4. The third-order valence-corrected chi connectivity index (χ3v) is 4.31. The minimum atomic E-state index is -4.49. The Balaban J connectivity index is 0.00000261. The second kappa shape index (κ2) is 8.73. The van der Waals surface area contributed by atoms with E-state index in [1.54, 1.807) is 24.3 Å². The van der Waals surface area contributed by atoms with Crippen LogP contribution in [-0.4, -0.2) is 55.7 Å². The molecule has 1 unspecified atom stereocenters. The number of carbonyl (C=O) groups excluding carboxylic acids is 1. The van der Waals surface area contributed by atoms with Gasteiger partial charge in [-0.15, -0.1) is 12.4 Å². The van der Waals surface area contributed by atoms with Crippen molar-refractivity contribution in [2.75, 3.05) is 32.7 Å². The van der Waals surface area contributed by atoms with E-state index in [1.807, 2.05) is 0 Å². The molecular weight excluding hydrogens is 387 g/mol. The van der Waals surface area contributed by atoms with Crippen molar-refractivity contribution in [2.24, 2.45) is 0 Å². The van der Waals surface area contributed by atoms with Crippen molar-refractivity contribution in [2.45, 2.75) is 12.2 Å². The second-order valence-electron chi connectivity index (χ2n) is 6.04. The van der Waals surface area contributed by atoms with E-state index in [-0.39, 0.29) is 31.1 Å². The summed E-state index contributed by atoms with van der Waals surface area (Å²) in [5, 5.41) is 5.73. The molecule has 1 aliphatic rings. The average Bonchev–Trinajstić information content (AvgIpc) is 2.61. The summed E-state index contributed by atoms with van der Waals surface area (Å²) < 4.78 is 45.1. The van der Waals surface area contributed by atoms with Gasteiger partial charge in [-0.3, -0.25) is 9.69 Å². The highest BCUT2D eigenvalue weighted by Gasteiger charge is 2.43. The molecule has 1 amide bonds. The minimum absolute atomic E-state index is 0. The van der Waals surface area contributed by atoms with Gasteiger partial charge in [-0.2, -0.15) is 13.2 Å². The lowest BCUT2D eigenvalue weighted by Gasteiger charge is -2.35. The van der Waals surface area contributed by atoms with Crippen molar-refractivity contribution in [3.63, 3.8) is 0 Å². The number of para-hydroxylation sites is 1. The van der Waals surface area contributed by atoms with Crippen LogP contribution in [0.5, 0.6) is 0 Å². The number of benzene rings is 1. The molecule has 1 aromatic carbocycles. The SMILES string of the molecule is Cl.O=C(NCC(N1CCNCC1)C(F)(F)F)c1cc2ccccc2oc1=O. The molecular formula is C17H19ClF3N3O3. The first-order chi connectivity index (χ1) is 12.4. The summed E-state index contributed by atoms with van der Waals surface area (Å²) in [5.41, 5.74) is -0.889. The van der Waals surface area contributed by atoms with Crippen molar-refractivity contribution in [1.29, 1.82) is 0 Å². The highest BCUT2D eigenvalue weighted by molar-refractivity contribution is 5.96. The zero-order valence-corrected chi connectivity index (χ0v) is 15.0. The number of fused-ring (bicyclic) bond motifs is 1. The molecule has 1 fully saturated rings. The van der Waals surface area contributed by atoms with Crippen LogP contribution in [0.3, 0.4) is 0 Å². The summed E-state index contributed by atoms with van der Waals surface area (Å²) in [6.07, 6.45) is -4.49. The number of hydrogen-bond acceptors (Lipinski definition) is 5. The summed E-state index contributed by atoms with van der Waals surface area (Å²) in [6.45, 7) is 0.745. The van der Waals surface area contributed by atoms with Gasteiger partial charge in [0.05, 0.1) is 0 Å². The number of carbonyl (C=O) groups is 1. The fourth-order valence-corrected chi connectivity index (χ4v) is 2.95. The number of piperazine rings is 1. The van der Waals surface area contributed by atoms with Gasteiger partial charge in [0.1, 0.15) is 17.2 Å². The summed E-state index contributed by atoms with van der Waals surface area (Å²) in [4.78, 5) is 25.5. The molecule has 0 saturated carbocycles. The van der Waals surface area contributed by atoms with E-state index in [2.05, 4.69) is 10.6 Å². The van der Waals surface area contributed by atoms with Gasteiger partial charge in [-0.25, -0.2) is 4.79 Å². The molecule has 0 bridgehead atoms. The van der Waals surface area contributed by atoms with Crippen molar-refractivity contribution in [3.05, 3.63) is 46.3 Å². The largest absolute Gasteiger partial charge is 0.422 e. The Morgan fingerprint density at radius 3 is 2.59 bits per heavy atom. The first-order valence-electron chi connectivity index (χ1n) is 8.19. The standard InChI is InChI=1S/C17H18F3N3O3.ClH/c18-17(19,20)14(23-7-5-21-6-8-23)10-22-15(24)12-9-11-3-1-2-4-13(11)26-16(12)25;/h1-4,9,14,21H,5-8,10H2,(H,22,24);1H. The molecule has 27 heavy (non-hydrogen) atoms. The molecule has 1 saturated heterocycles. The molecule has 0 spiro atoms. The van der Waals surface area contributed by atoms with Crippen molar-refractivity contribution in [1.82, 2.24) is 15.5 Å². The van der Waals surface area contributed by atoms with Gasteiger partial charge in [0.15, 0.2) is 0 Å². The highest BCUT2D eigenvalue weighted by atomic mass is 35.5. The van der Waals surface area contributed by atoms with Crippen LogP contribution in [0, 0.1) is 0 Å². The maximum absolute atomic E-state index is 13.4. The van der Waals surface area contributed by atoms with Crippen LogP contribution in [0.2, 0.25) is 0 Å². The second-order valence-corrected chi connectivity index (χ2v) is 6.04. The van der Waals surface area contributed by atoms with Gasteiger partial charge in [0.25, 0.3) is 5.91 Å². The number of hydrogen-bond donors (Lipinski definition) is 2. The Morgan fingerprint density at radius 2 is 1.93 bits per heavy atom. The van der Waals surface area contributed by atoms with Gasteiger partial charge in [0, 0.05) is 38.1 Å². The highest BCUT2D eigenvalue weighted by Crippen LogP contribution is 2.25. The van der Waals surface area contributed by atoms with E-state index in [1.165, 1.54) is 11.0 Å². The fourth-order valence-electron chi connectivity index (χ4n) is 2.95. The summed E-state index contributed by atoms with van der Waals surface area (Å²) in [5.74, 6) is -0.881. The van der Waals surface area contributed by atoms with Crippen LogP contribution in [0.4, 0.5) is 13.2 Å². The van der Waals surface area contributed by atoms with Crippen molar-refractivity contribution in [3.8, 4) is 0 Å². The Bertz CT molecular complexity index is 850. The molecule has 148 valence electrons. The van der Waals surface area contributed by atoms with Crippen LogP contribution in [0.25, 0.3) is 11.0 Å². The van der Waals surface area contributed by atoms with Gasteiger partial charge >= 0.3 is 11.8 Å². The zero-order chi connectivity index (χ0) is 18.7. The molecule has 2 aromatic rings. The predicted molar refractivity (Wildman–Crippen MR) is 96.4 cm³/mol. The number of amides is 1. The Kier molecular flexibility index (Phi) is 6.85. The number of halogens is 4. The third kappa shape index (κ3) is 5.00. The topological polar surface area (TPSA) is 74.6 Å². The number of nitrogens with zero attached hydrogens (tertiary/aromatic N) is 1. The summed E-state index contributed by atoms with van der Waals surface area (Å²) in [6, 6.07) is 6.11. The van der Waals surface area contributed by atoms with E-state index in [0.717, 1.165) is 0 Å². The molecule has 2 N–H and O–H groups in total. The van der Waals surface area contributed by atoms with Gasteiger partial charge in [-0.05, 0) is 12.1 Å². The Hall–Kier alpha value is -2.10. The van der Waals surface area contributed by atoms with Gasteiger partial charge in [-0.1, -0.05) is 18.2 Å². The maximum atomic E-state index is 13.4. The van der Waals surface area contributed by atoms with Crippen LogP contribution in [0.1, 0.15) is 10.4 Å². The van der Waals surface area contributed by atoms with E-state index in [4.69, 9.17) is 4.42 Å². The number of nitrogens with one attached hydrogen (secondary N) is 2. The number of alkyl halides is 3. The monoisotopic (exact) mass is 405 g/mol. The molecule has 10 heteroatoms. The van der Waals surface area contributed by atoms with Crippen molar-refractivity contribution < 1.29 is 22.4 Å². The quantitative estimate of drug-likeness (QED) is 0.758. The molecule has 6 nitrogen and oxygen atoms in total. The van der Waals surface area contributed by atoms with Gasteiger partial charge < -0.3 is 15.1 Å². The normalized spacial score (nSPS) is 16.6. The fraction of sp³-hybridized carbons (Fsp3) is 0.412. The lowest BCUT2D eigenvalue weighted by atomic mass is 10.1. The molecule has 1 atom stereocenters. The minimum Gasteiger partial charge on any atom is -0.422 e. The van der Waals surface area contributed by atoms with E-state index < -0.39 is 30.3 Å². The van der Waals surface area contributed by atoms with Crippen LogP contribution in [0.15, 0.2) is 39.5 Å².